The third-order valence-corrected chi connectivity index (χ3v) is 9.00. The molecule has 1 atom stereocenters. The van der Waals surface area contributed by atoms with Gasteiger partial charge in [0.1, 0.15) is 5.54 Å². The first-order valence-electron chi connectivity index (χ1n) is 14.1. The molecular weight excluding hydrogens is 568 g/mol. The highest BCUT2D eigenvalue weighted by molar-refractivity contribution is 7.90. The number of allylic oxidation sites excluding steroid dienone is 2. The molecule has 1 fully saturated rings. The first kappa shape index (κ1) is 31.3. The highest BCUT2D eigenvalue weighted by Gasteiger charge is 2.45. The maximum absolute atomic E-state index is 14.3. The van der Waals surface area contributed by atoms with Gasteiger partial charge in [0.05, 0.1) is 4.90 Å². The number of hydrogen-bond acceptors (Lipinski definition) is 4. The number of carbonyl (C=O) groups excluding carboxylic acids is 2. The van der Waals surface area contributed by atoms with Gasteiger partial charge < -0.3 is 10.2 Å². The van der Waals surface area contributed by atoms with Gasteiger partial charge in [-0.2, -0.15) is 0 Å². The van der Waals surface area contributed by atoms with Crippen molar-refractivity contribution in [1.82, 2.24) is 5.32 Å². The third kappa shape index (κ3) is 7.39. The highest BCUT2D eigenvalue weighted by Crippen LogP contribution is 2.33. The van der Waals surface area contributed by atoms with Crippen LogP contribution in [0.3, 0.4) is 0 Å². The predicted molar refractivity (Wildman–Crippen MR) is 170 cm³/mol. The molecule has 0 bridgehead atoms. The van der Waals surface area contributed by atoms with Crippen molar-refractivity contribution < 1.29 is 18.0 Å². The zero-order valence-electron chi connectivity index (χ0n) is 24.1. The van der Waals surface area contributed by atoms with E-state index in [0.29, 0.717) is 66.9 Å². The molecule has 1 saturated heterocycles. The fraction of sp³-hybridized carbons (Fsp3) is 0.294. The lowest BCUT2D eigenvalue weighted by atomic mass is 9.81. The van der Waals surface area contributed by atoms with E-state index in [2.05, 4.69) is 11.9 Å². The number of hydrogen-bond donors (Lipinski definition) is 1. The van der Waals surface area contributed by atoms with Crippen molar-refractivity contribution >= 4 is 38.9 Å². The van der Waals surface area contributed by atoms with Crippen LogP contribution in [0, 0.1) is 0 Å². The number of sulfone groups is 1. The van der Waals surface area contributed by atoms with E-state index in [1.807, 2.05) is 61.5 Å². The van der Waals surface area contributed by atoms with Crippen molar-refractivity contribution in [3.63, 3.8) is 0 Å². The summed E-state index contributed by atoms with van der Waals surface area (Å²) in [6.07, 6.45) is 6.40. The van der Waals surface area contributed by atoms with Crippen LogP contribution in [0.25, 0.3) is 11.1 Å². The normalized spacial score (nSPS) is 17.6. The maximum Gasteiger partial charge on any atom is 0.253 e. The Hall–Kier alpha value is -3.68. The Morgan fingerprint density at radius 1 is 1.02 bits per heavy atom. The number of piperidine rings is 1. The Morgan fingerprint density at radius 3 is 2.33 bits per heavy atom. The van der Waals surface area contributed by atoms with E-state index in [9.17, 15) is 18.0 Å². The van der Waals surface area contributed by atoms with Gasteiger partial charge >= 0.3 is 0 Å². The van der Waals surface area contributed by atoms with Gasteiger partial charge in [-0.15, -0.1) is 0 Å². The van der Waals surface area contributed by atoms with Crippen molar-refractivity contribution in [2.24, 2.45) is 0 Å². The monoisotopic (exact) mass is 604 g/mol. The molecule has 0 aliphatic carbocycles. The fourth-order valence-electron chi connectivity index (χ4n) is 5.53. The largest absolute Gasteiger partial charge is 0.338 e. The molecule has 1 unspecified atom stereocenters. The van der Waals surface area contributed by atoms with E-state index in [-0.39, 0.29) is 16.7 Å². The molecule has 3 aromatic rings. The van der Waals surface area contributed by atoms with Crippen LogP contribution in [-0.2, 0) is 25.8 Å². The maximum atomic E-state index is 14.3. The standard InChI is InChI=1S/C34H37ClN2O4S/c1-4-27(15-10-12-25(2)35)32(38)36-34(24-26-13-6-5-7-14-26)22-11-23-37(33(34)39)29-20-18-28(19-21-29)30-16-8-9-17-31(30)42(3,40)41/h4-9,13-14,16-21H,2,10-12,15,22-24H2,1,3H3,(H,36,38)/b27-4+. The smallest absolute Gasteiger partial charge is 0.253 e. The molecular formula is C34H37ClN2O4S. The van der Waals surface area contributed by atoms with Crippen LogP contribution >= 0.6 is 11.6 Å². The lowest BCUT2D eigenvalue weighted by Gasteiger charge is -2.42. The minimum Gasteiger partial charge on any atom is -0.338 e. The molecule has 1 heterocycles. The summed E-state index contributed by atoms with van der Waals surface area (Å²) in [5.74, 6) is -0.420. The van der Waals surface area contributed by atoms with E-state index in [1.54, 1.807) is 35.2 Å². The van der Waals surface area contributed by atoms with Gasteiger partial charge in [0, 0.05) is 41.1 Å². The first-order chi connectivity index (χ1) is 20.0. The van der Waals surface area contributed by atoms with Crippen LogP contribution in [0.1, 0.15) is 44.6 Å². The minimum absolute atomic E-state index is 0.167. The van der Waals surface area contributed by atoms with Crippen molar-refractivity contribution in [3.05, 3.63) is 108 Å². The van der Waals surface area contributed by atoms with Gasteiger partial charge in [0.25, 0.3) is 5.91 Å². The summed E-state index contributed by atoms with van der Waals surface area (Å²) in [6.45, 7) is 6.07. The summed E-state index contributed by atoms with van der Waals surface area (Å²) in [4.78, 5) is 29.9. The van der Waals surface area contributed by atoms with Crippen LogP contribution in [0.15, 0.2) is 107 Å². The Bertz CT molecular complexity index is 1580. The average Bonchev–Trinajstić information content (AvgIpc) is 2.97. The number of nitrogens with zero attached hydrogens (tertiary/aromatic N) is 1. The van der Waals surface area contributed by atoms with Gasteiger partial charge in [0.15, 0.2) is 9.84 Å². The number of amides is 2. The van der Waals surface area contributed by atoms with Gasteiger partial charge in [-0.05, 0) is 68.4 Å². The van der Waals surface area contributed by atoms with Crippen LogP contribution < -0.4 is 10.2 Å². The summed E-state index contributed by atoms with van der Waals surface area (Å²) >= 11 is 5.93. The third-order valence-electron chi connectivity index (χ3n) is 7.65. The average molecular weight is 605 g/mol. The van der Waals surface area contributed by atoms with Gasteiger partial charge in [-0.3, -0.25) is 9.59 Å². The molecule has 3 aromatic carbocycles. The molecule has 8 heteroatoms. The summed E-state index contributed by atoms with van der Waals surface area (Å²) in [6, 6.07) is 23.9. The van der Waals surface area contributed by atoms with E-state index >= 15 is 0 Å². The van der Waals surface area contributed by atoms with E-state index in [4.69, 9.17) is 11.6 Å². The first-order valence-corrected chi connectivity index (χ1v) is 16.4. The van der Waals surface area contributed by atoms with Crippen molar-refractivity contribution in [2.45, 2.75) is 55.9 Å². The molecule has 2 amide bonds. The summed E-state index contributed by atoms with van der Waals surface area (Å²) < 4.78 is 24.7. The van der Waals surface area contributed by atoms with Gasteiger partial charge in [0.2, 0.25) is 5.91 Å². The number of anilines is 1. The summed E-state index contributed by atoms with van der Waals surface area (Å²) in [5.41, 5.74) is 2.49. The predicted octanol–water partition coefficient (Wildman–Crippen LogP) is 6.85. The molecule has 1 N–H and O–H groups in total. The Labute approximate surface area is 254 Å². The van der Waals surface area contributed by atoms with Crippen molar-refractivity contribution in [3.8, 4) is 11.1 Å². The van der Waals surface area contributed by atoms with E-state index < -0.39 is 15.4 Å². The Balaban J connectivity index is 1.64. The highest BCUT2D eigenvalue weighted by atomic mass is 35.5. The van der Waals surface area contributed by atoms with Crippen LogP contribution in [0.5, 0.6) is 0 Å². The molecule has 1 aliphatic rings. The number of rotatable bonds is 11. The summed E-state index contributed by atoms with van der Waals surface area (Å²) in [5, 5.41) is 3.71. The number of nitrogens with one attached hydrogen (secondary N) is 1. The lowest BCUT2D eigenvalue weighted by Crippen LogP contribution is -2.64. The number of benzene rings is 3. The summed E-state index contributed by atoms with van der Waals surface area (Å²) in [7, 11) is -3.42. The van der Waals surface area contributed by atoms with E-state index in [1.165, 1.54) is 6.26 Å². The van der Waals surface area contributed by atoms with Crippen molar-refractivity contribution in [1.29, 1.82) is 0 Å². The van der Waals surface area contributed by atoms with Crippen LogP contribution in [-0.4, -0.2) is 38.6 Å². The van der Waals surface area contributed by atoms with Crippen LogP contribution in [0.2, 0.25) is 0 Å². The quantitative estimate of drug-likeness (QED) is 0.243. The van der Waals surface area contributed by atoms with E-state index in [0.717, 1.165) is 11.1 Å². The lowest BCUT2D eigenvalue weighted by molar-refractivity contribution is -0.132. The number of halogens is 1. The second-order valence-electron chi connectivity index (χ2n) is 10.8. The molecule has 0 radical (unpaired) electrons. The molecule has 6 nitrogen and oxygen atoms in total. The second-order valence-corrected chi connectivity index (χ2v) is 13.3. The SMILES string of the molecule is C=C(Cl)CCC/C(=C\C)C(=O)NC1(Cc2ccccc2)CCCN(c2ccc(-c3ccccc3S(C)(=O)=O)cc2)C1=O. The minimum atomic E-state index is -3.42. The topological polar surface area (TPSA) is 83.6 Å². The molecule has 4 rings (SSSR count). The molecule has 220 valence electrons. The molecule has 0 spiro atoms. The fourth-order valence-corrected chi connectivity index (χ4v) is 6.57. The van der Waals surface area contributed by atoms with Crippen molar-refractivity contribution in [2.75, 3.05) is 17.7 Å². The zero-order valence-corrected chi connectivity index (χ0v) is 25.7. The number of carbonyl (C=O) groups is 2. The zero-order chi connectivity index (χ0) is 30.3. The molecule has 0 saturated carbocycles. The van der Waals surface area contributed by atoms with Gasteiger partial charge in [-0.1, -0.05) is 84.9 Å². The second kappa shape index (κ2) is 13.5. The van der Waals surface area contributed by atoms with Gasteiger partial charge in [-0.25, -0.2) is 8.42 Å². The van der Waals surface area contributed by atoms with Crippen LogP contribution in [0.4, 0.5) is 5.69 Å². The molecule has 42 heavy (non-hydrogen) atoms. The Morgan fingerprint density at radius 2 is 1.69 bits per heavy atom. The molecule has 0 aromatic heterocycles. The Kier molecular flexibility index (Phi) is 10.1. The molecule has 1 aliphatic heterocycles.